The number of hydrogen-bond acceptors (Lipinski definition) is 3. The quantitative estimate of drug-likeness (QED) is 0.875. The first kappa shape index (κ1) is 15.6. The molecule has 23 heavy (non-hydrogen) atoms. The van der Waals surface area contributed by atoms with Crippen molar-refractivity contribution in [1.82, 2.24) is 0 Å². The zero-order valence-corrected chi connectivity index (χ0v) is 13.1. The van der Waals surface area contributed by atoms with Crippen LogP contribution in [0.15, 0.2) is 53.4 Å². The highest BCUT2D eigenvalue weighted by Gasteiger charge is 2.26. The van der Waals surface area contributed by atoms with Gasteiger partial charge in [-0.3, -0.25) is 9.59 Å². The van der Waals surface area contributed by atoms with Crippen LogP contribution in [0.2, 0.25) is 0 Å². The lowest BCUT2D eigenvalue weighted by Gasteiger charge is -2.29. The molecule has 0 aromatic heterocycles. The molecule has 0 atom stereocenters. The van der Waals surface area contributed by atoms with E-state index in [1.165, 1.54) is 28.8 Å². The molecule has 6 heteroatoms. The number of carbonyl (C=O) groups is 2. The summed E-state index contributed by atoms with van der Waals surface area (Å²) in [6.07, 6.45) is 0.309. The van der Waals surface area contributed by atoms with Gasteiger partial charge in [0, 0.05) is 17.1 Å². The molecule has 4 nitrogen and oxygen atoms in total. The Labute approximate surface area is 137 Å². The standard InChI is InChI=1S/C17H15FN2O2S/c18-12-5-7-13(8-6-12)23-10-9-17(22)20-11-16(21)19-14-3-1-2-4-15(14)20/h1-8H,9-11H2,(H,19,21). The van der Waals surface area contributed by atoms with Gasteiger partial charge < -0.3 is 10.2 Å². The molecule has 2 amide bonds. The number of para-hydroxylation sites is 2. The molecule has 1 aliphatic rings. The van der Waals surface area contributed by atoms with Gasteiger partial charge >= 0.3 is 0 Å². The summed E-state index contributed by atoms with van der Waals surface area (Å²) < 4.78 is 12.8. The molecule has 0 saturated carbocycles. The molecule has 118 valence electrons. The summed E-state index contributed by atoms with van der Waals surface area (Å²) in [6, 6.07) is 13.4. The minimum Gasteiger partial charge on any atom is -0.323 e. The zero-order valence-electron chi connectivity index (χ0n) is 12.3. The number of benzene rings is 2. The lowest BCUT2D eigenvalue weighted by atomic mass is 10.2. The van der Waals surface area contributed by atoms with E-state index in [0.717, 1.165) is 10.6 Å². The SMILES string of the molecule is O=C1CN(C(=O)CCSc2ccc(F)cc2)c2ccccc2N1. The lowest BCUT2D eigenvalue weighted by Crippen LogP contribution is -2.42. The maximum Gasteiger partial charge on any atom is 0.244 e. The molecular formula is C17H15FN2O2S. The summed E-state index contributed by atoms with van der Waals surface area (Å²) in [5.41, 5.74) is 1.38. The Morgan fingerprint density at radius 1 is 1.17 bits per heavy atom. The molecule has 2 aromatic carbocycles. The van der Waals surface area contributed by atoms with Crippen molar-refractivity contribution in [2.75, 3.05) is 22.5 Å². The Kier molecular flexibility index (Phi) is 4.62. The molecule has 3 rings (SSSR count). The Morgan fingerprint density at radius 3 is 2.70 bits per heavy atom. The van der Waals surface area contributed by atoms with Crippen LogP contribution in [0.25, 0.3) is 0 Å². The van der Waals surface area contributed by atoms with E-state index in [2.05, 4.69) is 5.32 Å². The van der Waals surface area contributed by atoms with E-state index in [9.17, 15) is 14.0 Å². The fourth-order valence-electron chi connectivity index (χ4n) is 2.38. The van der Waals surface area contributed by atoms with Crippen LogP contribution in [0.4, 0.5) is 15.8 Å². The number of thioether (sulfide) groups is 1. The normalized spacial score (nSPS) is 13.4. The second-order valence-electron chi connectivity index (χ2n) is 5.10. The minimum atomic E-state index is -0.277. The summed E-state index contributed by atoms with van der Waals surface area (Å²) >= 11 is 1.49. The average Bonchev–Trinajstić information content (AvgIpc) is 2.55. The van der Waals surface area contributed by atoms with E-state index in [-0.39, 0.29) is 24.2 Å². The molecule has 0 aliphatic carbocycles. The third kappa shape index (κ3) is 3.71. The van der Waals surface area contributed by atoms with Gasteiger partial charge in [-0.15, -0.1) is 11.8 Å². The third-order valence-electron chi connectivity index (χ3n) is 3.47. The van der Waals surface area contributed by atoms with Crippen LogP contribution in [0, 0.1) is 5.82 Å². The topological polar surface area (TPSA) is 49.4 Å². The Bertz CT molecular complexity index is 734. The van der Waals surface area contributed by atoms with E-state index in [1.807, 2.05) is 18.2 Å². The number of rotatable bonds is 4. The molecule has 1 heterocycles. The largest absolute Gasteiger partial charge is 0.323 e. The molecule has 1 N–H and O–H groups in total. The lowest BCUT2D eigenvalue weighted by molar-refractivity contribution is -0.121. The van der Waals surface area contributed by atoms with Crippen LogP contribution >= 0.6 is 11.8 Å². The predicted octanol–water partition coefficient (Wildman–Crippen LogP) is 3.29. The van der Waals surface area contributed by atoms with Gasteiger partial charge in [-0.1, -0.05) is 12.1 Å². The summed E-state index contributed by atoms with van der Waals surface area (Å²) in [5.74, 6) is 0.0107. The number of carbonyl (C=O) groups excluding carboxylic acids is 2. The highest BCUT2D eigenvalue weighted by molar-refractivity contribution is 7.99. The van der Waals surface area contributed by atoms with E-state index in [0.29, 0.717) is 17.9 Å². The molecule has 0 fully saturated rings. The van der Waals surface area contributed by atoms with Gasteiger partial charge in [-0.05, 0) is 36.4 Å². The van der Waals surface area contributed by atoms with Crippen molar-refractivity contribution in [1.29, 1.82) is 0 Å². The molecule has 0 radical (unpaired) electrons. The predicted molar refractivity (Wildman–Crippen MR) is 89.2 cm³/mol. The summed E-state index contributed by atoms with van der Waals surface area (Å²) in [4.78, 5) is 26.6. The van der Waals surface area contributed by atoms with E-state index >= 15 is 0 Å². The summed E-state index contributed by atoms with van der Waals surface area (Å²) in [7, 11) is 0. The number of hydrogen-bond donors (Lipinski definition) is 1. The van der Waals surface area contributed by atoms with Gasteiger partial charge in [-0.25, -0.2) is 4.39 Å². The number of halogens is 1. The maximum absolute atomic E-state index is 12.8. The van der Waals surface area contributed by atoms with Crippen molar-refractivity contribution in [2.45, 2.75) is 11.3 Å². The summed E-state index contributed by atoms with van der Waals surface area (Å²) in [5, 5.41) is 2.76. The highest BCUT2D eigenvalue weighted by Crippen LogP contribution is 2.29. The van der Waals surface area contributed by atoms with E-state index in [1.54, 1.807) is 18.2 Å². The van der Waals surface area contributed by atoms with Crippen molar-refractivity contribution in [3.05, 3.63) is 54.3 Å². The van der Waals surface area contributed by atoms with E-state index in [4.69, 9.17) is 0 Å². The molecule has 0 spiro atoms. The molecule has 2 aromatic rings. The highest BCUT2D eigenvalue weighted by atomic mass is 32.2. The molecule has 0 bridgehead atoms. The van der Waals surface area contributed by atoms with Crippen molar-refractivity contribution < 1.29 is 14.0 Å². The maximum atomic E-state index is 12.8. The van der Waals surface area contributed by atoms with Gasteiger partial charge in [-0.2, -0.15) is 0 Å². The Balaban J connectivity index is 1.62. The van der Waals surface area contributed by atoms with Gasteiger partial charge in [0.05, 0.1) is 11.4 Å². The van der Waals surface area contributed by atoms with Crippen molar-refractivity contribution in [3.8, 4) is 0 Å². The van der Waals surface area contributed by atoms with Gasteiger partial charge in [0.15, 0.2) is 0 Å². The Morgan fingerprint density at radius 2 is 1.91 bits per heavy atom. The first-order valence-electron chi connectivity index (χ1n) is 7.21. The van der Waals surface area contributed by atoms with E-state index < -0.39 is 0 Å². The number of amides is 2. The molecule has 0 saturated heterocycles. The zero-order chi connectivity index (χ0) is 16.2. The van der Waals surface area contributed by atoms with Crippen LogP contribution in [-0.2, 0) is 9.59 Å². The molecular weight excluding hydrogens is 315 g/mol. The average molecular weight is 330 g/mol. The monoisotopic (exact) mass is 330 g/mol. The number of fused-ring (bicyclic) bond motifs is 1. The second kappa shape index (κ2) is 6.83. The van der Waals surface area contributed by atoms with Crippen LogP contribution in [0.5, 0.6) is 0 Å². The van der Waals surface area contributed by atoms with Crippen molar-refractivity contribution in [3.63, 3.8) is 0 Å². The fourth-order valence-corrected chi connectivity index (χ4v) is 3.22. The van der Waals surface area contributed by atoms with Crippen LogP contribution in [0.3, 0.4) is 0 Å². The number of nitrogens with one attached hydrogen (secondary N) is 1. The van der Waals surface area contributed by atoms with Gasteiger partial charge in [0.1, 0.15) is 12.4 Å². The molecule has 0 unspecified atom stereocenters. The van der Waals surface area contributed by atoms with Crippen LogP contribution in [0.1, 0.15) is 6.42 Å². The van der Waals surface area contributed by atoms with Crippen molar-refractivity contribution >= 4 is 35.0 Å². The Hall–Kier alpha value is -2.34. The van der Waals surface area contributed by atoms with Gasteiger partial charge in [0.2, 0.25) is 11.8 Å². The fraction of sp³-hybridized carbons (Fsp3) is 0.176. The van der Waals surface area contributed by atoms with Crippen LogP contribution < -0.4 is 10.2 Å². The van der Waals surface area contributed by atoms with Crippen molar-refractivity contribution in [2.24, 2.45) is 0 Å². The first-order valence-corrected chi connectivity index (χ1v) is 8.19. The smallest absolute Gasteiger partial charge is 0.244 e. The number of anilines is 2. The summed E-state index contributed by atoms with van der Waals surface area (Å²) in [6.45, 7) is 0.0388. The third-order valence-corrected chi connectivity index (χ3v) is 4.48. The van der Waals surface area contributed by atoms with Gasteiger partial charge in [0.25, 0.3) is 0 Å². The minimum absolute atomic E-state index is 0.0388. The number of nitrogens with zero attached hydrogens (tertiary/aromatic N) is 1. The second-order valence-corrected chi connectivity index (χ2v) is 6.27. The first-order chi connectivity index (χ1) is 11.1. The van der Waals surface area contributed by atoms with Crippen LogP contribution in [-0.4, -0.2) is 24.1 Å². The molecule has 1 aliphatic heterocycles.